The Kier molecular flexibility index (Phi) is 3.87. The van der Waals surface area contributed by atoms with E-state index in [1.165, 1.54) is 12.1 Å². The van der Waals surface area contributed by atoms with E-state index < -0.39 is 4.92 Å². The van der Waals surface area contributed by atoms with Crippen molar-refractivity contribution in [1.29, 1.82) is 0 Å². The number of nitro groups is 1. The first kappa shape index (κ1) is 12.8. The molecule has 0 amide bonds. The smallest absolute Gasteiger partial charge is 0.269 e. The monoisotopic (exact) mass is 255 g/mol. The van der Waals surface area contributed by atoms with E-state index in [0.717, 1.165) is 5.69 Å². The van der Waals surface area contributed by atoms with E-state index >= 15 is 0 Å². The summed E-state index contributed by atoms with van der Waals surface area (Å²) >= 11 is 0. The molecule has 96 valence electrons. The number of rotatable bonds is 4. The molecule has 0 unspecified atom stereocenters. The van der Waals surface area contributed by atoms with Gasteiger partial charge in [-0.1, -0.05) is 30.3 Å². The third-order valence-corrected chi connectivity index (χ3v) is 2.59. The van der Waals surface area contributed by atoms with Gasteiger partial charge in [0.15, 0.2) is 0 Å². The zero-order chi connectivity index (χ0) is 13.7. The molecule has 5 heteroatoms. The van der Waals surface area contributed by atoms with Gasteiger partial charge in [-0.3, -0.25) is 15.1 Å². The molecule has 0 saturated heterocycles. The molecule has 0 spiro atoms. The summed E-state index contributed by atoms with van der Waals surface area (Å²) in [5, 5.41) is 16.6. The molecule has 0 aliphatic carbocycles. The summed E-state index contributed by atoms with van der Waals surface area (Å²) in [7, 11) is 1.82. The number of para-hydroxylation sites is 1. The molecule has 19 heavy (non-hydrogen) atoms. The van der Waals surface area contributed by atoms with Crippen LogP contribution in [-0.4, -0.2) is 18.2 Å². The Hall–Kier alpha value is -2.69. The zero-order valence-electron chi connectivity index (χ0n) is 10.4. The van der Waals surface area contributed by atoms with Crippen LogP contribution in [0.15, 0.2) is 59.7 Å². The Morgan fingerprint density at radius 2 is 1.89 bits per heavy atom. The van der Waals surface area contributed by atoms with Crippen molar-refractivity contribution in [2.24, 2.45) is 5.10 Å². The van der Waals surface area contributed by atoms with Gasteiger partial charge < -0.3 is 0 Å². The third kappa shape index (κ3) is 3.38. The van der Waals surface area contributed by atoms with Crippen molar-refractivity contribution in [1.82, 2.24) is 0 Å². The fraction of sp³-hybridized carbons (Fsp3) is 0.0714. The van der Waals surface area contributed by atoms with E-state index in [2.05, 4.69) is 5.10 Å². The number of hydrogen-bond donors (Lipinski definition) is 0. The molecule has 2 aromatic carbocycles. The largest absolute Gasteiger partial charge is 0.270 e. The average molecular weight is 255 g/mol. The summed E-state index contributed by atoms with van der Waals surface area (Å²) in [6, 6.07) is 16.0. The molecule has 0 fully saturated rings. The lowest BCUT2D eigenvalue weighted by atomic mass is 10.2. The Morgan fingerprint density at radius 3 is 2.58 bits per heavy atom. The van der Waals surface area contributed by atoms with Gasteiger partial charge in [0.05, 0.1) is 16.8 Å². The highest BCUT2D eigenvalue weighted by molar-refractivity contribution is 5.81. The molecule has 0 aromatic heterocycles. The third-order valence-electron chi connectivity index (χ3n) is 2.59. The maximum absolute atomic E-state index is 10.7. The minimum Gasteiger partial charge on any atom is -0.269 e. The predicted molar refractivity (Wildman–Crippen MR) is 75.5 cm³/mol. The van der Waals surface area contributed by atoms with Crippen molar-refractivity contribution in [3.8, 4) is 0 Å². The van der Waals surface area contributed by atoms with E-state index in [0.29, 0.717) is 5.56 Å². The molecule has 0 aliphatic rings. The summed E-state index contributed by atoms with van der Waals surface area (Å²) in [5.41, 5.74) is 1.70. The predicted octanol–water partition coefficient (Wildman–Crippen LogP) is 3.07. The van der Waals surface area contributed by atoms with Crippen LogP contribution in [0.1, 0.15) is 5.56 Å². The zero-order valence-corrected chi connectivity index (χ0v) is 10.4. The van der Waals surface area contributed by atoms with Crippen LogP contribution in [0.3, 0.4) is 0 Å². The van der Waals surface area contributed by atoms with E-state index in [9.17, 15) is 10.1 Å². The Labute approximate surface area is 110 Å². The number of benzene rings is 2. The van der Waals surface area contributed by atoms with Crippen LogP contribution < -0.4 is 5.01 Å². The molecule has 0 N–H and O–H groups in total. The molecule has 0 atom stereocenters. The van der Waals surface area contributed by atoms with E-state index in [1.54, 1.807) is 23.4 Å². The molecule has 0 aliphatic heterocycles. The highest BCUT2D eigenvalue weighted by atomic mass is 16.6. The van der Waals surface area contributed by atoms with Gasteiger partial charge in [0, 0.05) is 24.7 Å². The van der Waals surface area contributed by atoms with Gasteiger partial charge >= 0.3 is 0 Å². The molecule has 0 heterocycles. The van der Waals surface area contributed by atoms with Gasteiger partial charge in [-0.05, 0) is 12.1 Å². The van der Waals surface area contributed by atoms with Crippen LogP contribution in [0.2, 0.25) is 0 Å². The molecule has 2 aromatic rings. The fourth-order valence-electron chi connectivity index (χ4n) is 1.58. The van der Waals surface area contributed by atoms with Crippen LogP contribution in [0.25, 0.3) is 0 Å². The Morgan fingerprint density at radius 1 is 1.16 bits per heavy atom. The standard InChI is InChI=1S/C14H13N3O2/c1-16(13-7-3-2-4-8-13)15-11-12-6-5-9-14(10-12)17(18)19/h2-11H,1H3/b15-11-. The molecular formula is C14H13N3O2. The fourth-order valence-corrected chi connectivity index (χ4v) is 1.58. The SMILES string of the molecule is CN(/N=C\c1cccc([N+](=O)[O-])c1)c1ccccc1. The van der Waals surface area contributed by atoms with E-state index in [4.69, 9.17) is 0 Å². The van der Waals surface area contributed by atoms with Crippen LogP contribution in [-0.2, 0) is 0 Å². The first-order chi connectivity index (χ1) is 9.16. The van der Waals surface area contributed by atoms with Crippen molar-refractivity contribution < 1.29 is 4.92 Å². The summed E-state index contributed by atoms with van der Waals surface area (Å²) in [6.45, 7) is 0. The Balaban J connectivity index is 2.14. The van der Waals surface area contributed by atoms with Crippen LogP contribution in [0, 0.1) is 10.1 Å². The summed E-state index contributed by atoms with van der Waals surface area (Å²) < 4.78 is 0. The molecule has 0 bridgehead atoms. The normalized spacial score (nSPS) is 10.6. The molecule has 0 saturated carbocycles. The second kappa shape index (κ2) is 5.77. The van der Waals surface area contributed by atoms with Gasteiger partial charge in [-0.15, -0.1) is 0 Å². The topological polar surface area (TPSA) is 58.7 Å². The summed E-state index contributed by atoms with van der Waals surface area (Å²) in [6.07, 6.45) is 1.60. The molecule has 5 nitrogen and oxygen atoms in total. The van der Waals surface area contributed by atoms with Crippen LogP contribution in [0.5, 0.6) is 0 Å². The number of hydrogen-bond acceptors (Lipinski definition) is 4. The average Bonchev–Trinajstić information content (AvgIpc) is 2.46. The van der Waals surface area contributed by atoms with Crippen molar-refractivity contribution in [3.63, 3.8) is 0 Å². The highest BCUT2D eigenvalue weighted by Crippen LogP contribution is 2.13. The molecule has 2 rings (SSSR count). The molecular weight excluding hydrogens is 242 g/mol. The maximum Gasteiger partial charge on any atom is 0.270 e. The van der Waals surface area contributed by atoms with Gasteiger partial charge in [0.1, 0.15) is 0 Å². The van der Waals surface area contributed by atoms with E-state index in [1.807, 2.05) is 37.4 Å². The second-order valence-corrected chi connectivity index (χ2v) is 3.96. The number of non-ortho nitro benzene ring substituents is 1. The van der Waals surface area contributed by atoms with Crippen molar-refractivity contribution in [2.75, 3.05) is 12.1 Å². The number of nitro benzene ring substituents is 1. The lowest BCUT2D eigenvalue weighted by molar-refractivity contribution is -0.384. The highest BCUT2D eigenvalue weighted by Gasteiger charge is 2.04. The van der Waals surface area contributed by atoms with Gasteiger partial charge in [-0.2, -0.15) is 5.10 Å². The van der Waals surface area contributed by atoms with Crippen molar-refractivity contribution in [2.45, 2.75) is 0 Å². The van der Waals surface area contributed by atoms with Crippen molar-refractivity contribution >= 4 is 17.6 Å². The van der Waals surface area contributed by atoms with E-state index in [-0.39, 0.29) is 5.69 Å². The first-order valence-corrected chi connectivity index (χ1v) is 5.74. The number of nitrogens with zero attached hydrogens (tertiary/aromatic N) is 3. The molecule has 0 radical (unpaired) electrons. The number of hydrazone groups is 1. The van der Waals surface area contributed by atoms with Gasteiger partial charge in [0.2, 0.25) is 0 Å². The second-order valence-electron chi connectivity index (χ2n) is 3.96. The maximum atomic E-state index is 10.7. The lowest BCUT2D eigenvalue weighted by Crippen LogP contribution is -2.08. The minimum atomic E-state index is -0.418. The summed E-state index contributed by atoms with van der Waals surface area (Å²) in [5.74, 6) is 0. The van der Waals surface area contributed by atoms with Gasteiger partial charge in [0.25, 0.3) is 5.69 Å². The quantitative estimate of drug-likeness (QED) is 0.479. The van der Waals surface area contributed by atoms with Crippen LogP contribution in [0.4, 0.5) is 11.4 Å². The summed E-state index contributed by atoms with van der Waals surface area (Å²) in [4.78, 5) is 10.2. The minimum absolute atomic E-state index is 0.0614. The van der Waals surface area contributed by atoms with Crippen LogP contribution >= 0.6 is 0 Å². The number of anilines is 1. The van der Waals surface area contributed by atoms with Crippen molar-refractivity contribution in [3.05, 3.63) is 70.3 Å². The lowest BCUT2D eigenvalue weighted by Gasteiger charge is -2.11. The first-order valence-electron chi connectivity index (χ1n) is 5.74. The Bertz CT molecular complexity index is 597. The van der Waals surface area contributed by atoms with Gasteiger partial charge in [-0.25, -0.2) is 0 Å².